The van der Waals surface area contributed by atoms with E-state index < -0.39 is 6.10 Å². The quantitative estimate of drug-likeness (QED) is 0.919. The van der Waals surface area contributed by atoms with Gasteiger partial charge in [0.05, 0.1) is 11.8 Å². The average Bonchev–Trinajstić information content (AvgIpc) is 2.67. The van der Waals surface area contributed by atoms with Gasteiger partial charge in [0.15, 0.2) is 0 Å². The standard InChI is InChI=1S/C14H17NO2S/c1-9-11(3)18-14(15-9)8-17-13-6-4-12(5-7-13)10(2)16/h4-7,10,16H,8H2,1-3H3/t10-/m0/s1. The van der Waals surface area contributed by atoms with Crippen molar-refractivity contribution < 1.29 is 9.84 Å². The number of aryl methyl sites for hydroxylation is 2. The first-order valence-corrected chi connectivity index (χ1v) is 6.71. The Morgan fingerprint density at radius 3 is 2.44 bits per heavy atom. The first kappa shape index (κ1) is 13.1. The molecule has 0 fully saturated rings. The molecule has 1 aromatic carbocycles. The number of hydrogen-bond donors (Lipinski definition) is 1. The smallest absolute Gasteiger partial charge is 0.140 e. The SMILES string of the molecule is Cc1nc(COc2ccc([C@H](C)O)cc2)sc1C. The molecule has 96 valence electrons. The molecule has 1 atom stereocenters. The molecule has 0 aliphatic rings. The minimum atomic E-state index is -0.441. The van der Waals surface area contributed by atoms with E-state index in [-0.39, 0.29) is 0 Å². The predicted molar refractivity (Wildman–Crippen MR) is 73.0 cm³/mol. The normalized spacial score (nSPS) is 12.4. The second-order valence-electron chi connectivity index (χ2n) is 4.28. The lowest BCUT2D eigenvalue weighted by atomic mass is 10.1. The van der Waals surface area contributed by atoms with Crippen LogP contribution in [-0.2, 0) is 6.61 Å². The molecular formula is C14H17NO2S. The van der Waals surface area contributed by atoms with Crippen molar-refractivity contribution in [3.63, 3.8) is 0 Å². The molecular weight excluding hydrogens is 246 g/mol. The van der Waals surface area contributed by atoms with E-state index in [4.69, 9.17) is 4.74 Å². The maximum atomic E-state index is 9.41. The van der Waals surface area contributed by atoms with Crippen molar-refractivity contribution in [1.82, 2.24) is 4.98 Å². The number of aromatic nitrogens is 1. The van der Waals surface area contributed by atoms with E-state index in [1.807, 2.05) is 31.2 Å². The summed E-state index contributed by atoms with van der Waals surface area (Å²) in [7, 11) is 0. The third-order valence-electron chi connectivity index (χ3n) is 2.80. The third-order valence-corrected chi connectivity index (χ3v) is 3.84. The molecule has 0 radical (unpaired) electrons. The van der Waals surface area contributed by atoms with Crippen molar-refractivity contribution in [3.8, 4) is 5.75 Å². The highest BCUT2D eigenvalue weighted by Gasteiger charge is 2.05. The summed E-state index contributed by atoms with van der Waals surface area (Å²) in [5.41, 5.74) is 1.96. The first-order chi connectivity index (χ1) is 8.56. The number of thiazole rings is 1. The van der Waals surface area contributed by atoms with Crippen LogP contribution in [0.15, 0.2) is 24.3 Å². The number of aliphatic hydroxyl groups is 1. The Kier molecular flexibility index (Phi) is 3.99. The van der Waals surface area contributed by atoms with Gasteiger partial charge in [-0.3, -0.25) is 0 Å². The molecule has 0 unspecified atom stereocenters. The van der Waals surface area contributed by atoms with Crippen LogP contribution in [0.2, 0.25) is 0 Å². The van der Waals surface area contributed by atoms with Gasteiger partial charge >= 0.3 is 0 Å². The Morgan fingerprint density at radius 1 is 1.28 bits per heavy atom. The van der Waals surface area contributed by atoms with E-state index in [2.05, 4.69) is 11.9 Å². The lowest BCUT2D eigenvalue weighted by molar-refractivity contribution is 0.199. The number of rotatable bonds is 4. The zero-order chi connectivity index (χ0) is 13.1. The predicted octanol–water partition coefficient (Wildman–Crippen LogP) is 3.39. The van der Waals surface area contributed by atoms with Crippen LogP contribution in [0.3, 0.4) is 0 Å². The molecule has 0 spiro atoms. The number of nitrogens with zero attached hydrogens (tertiary/aromatic N) is 1. The highest BCUT2D eigenvalue weighted by molar-refractivity contribution is 7.11. The van der Waals surface area contributed by atoms with E-state index in [9.17, 15) is 5.11 Å². The molecule has 0 amide bonds. The van der Waals surface area contributed by atoms with Crippen LogP contribution in [-0.4, -0.2) is 10.1 Å². The molecule has 2 aromatic rings. The first-order valence-electron chi connectivity index (χ1n) is 5.90. The van der Waals surface area contributed by atoms with E-state index in [0.29, 0.717) is 6.61 Å². The van der Waals surface area contributed by atoms with Crippen molar-refractivity contribution in [2.45, 2.75) is 33.5 Å². The Hall–Kier alpha value is -1.39. The van der Waals surface area contributed by atoms with Crippen LogP contribution >= 0.6 is 11.3 Å². The van der Waals surface area contributed by atoms with E-state index in [1.54, 1.807) is 18.3 Å². The zero-order valence-electron chi connectivity index (χ0n) is 10.8. The summed E-state index contributed by atoms with van der Waals surface area (Å²) in [6.45, 7) is 6.31. The fourth-order valence-electron chi connectivity index (χ4n) is 1.59. The van der Waals surface area contributed by atoms with Gasteiger partial charge in [0.1, 0.15) is 17.4 Å². The monoisotopic (exact) mass is 263 g/mol. The third kappa shape index (κ3) is 3.09. The van der Waals surface area contributed by atoms with E-state index in [0.717, 1.165) is 22.0 Å². The van der Waals surface area contributed by atoms with Gasteiger partial charge in [-0.15, -0.1) is 11.3 Å². The highest BCUT2D eigenvalue weighted by Crippen LogP contribution is 2.21. The van der Waals surface area contributed by atoms with Crippen LogP contribution in [0.25, 0.3) is 0 Å². The van der Waals surface area contributed by atoms with Gasteiger partial charge in [0.2, 0.25) is 0 Å². The van der Waals surface area contributed by atoms with Gasteiger partial charge in [-0.05, 0) is 38.5 Å². The summed E-state index contributed by atoms with van der Waals surface area (Å²) in [5, 5.41) is 10.4. The van der Waals surface area contributed by atoms with Crippen LogP contribution < -0.4 is 4.74 Å². The molecule has 0 bridgehead atoms. The molecule has 2 rings (SSSR count). The van der Waals surface area contributed by atoms with Crippen molar-refractivity contribution in [3.05, 3.63) is 45.4 Å². The number of hydrogen-bond acceptors (Lipinski definition) is 4. The summed E-state index contributed by atoms with van der Waals surface area (Å²) in [4.78, 5) is 5.66. The summed E-state index contributed by atoms with van der Waals surface area (Å²) in [6, 6.07) is 7.49. The summed E-state index contributed by atoms with van der Waals surface area (Å²) >= 11 is 1.67. The van der Waals surface area contributed by atoms with Crippen molar-refractivity contribution >= 4 is 11.3 Å². The van der Waals surface area contributed by atoms with Gasteiger partial charge in [-0.1, -0.05) is 12.1 Å². The molecule has 0 saturated carbocycles. The van der Waals surface area contributed by atoms with Crippen molar-refractivity contribution in [2.75, 3.05) is 0 Å². The highest BCUT2D eigenvalue weighted by atomic mass is 32.1. The molecule has 1 heterocycles. The lowest BCUT2D eigenvalue weighted by Crippen LogP contribution is -1.96. The van der Waals surface area contributed by atoms with Gasteiger partial charge in [0, 0.05) is 4.88 Å². The number of ether oxygens (including phenoxy) is 1. The zero-order valence-corrected chi connectivity index (χ0v) is 11.6. The molecule has 0 aliphatic carbocycles. The Bertz CT molecular complexity index is 498. The largest absolute Gasteiger partial charge is 0.486 e. The minimum absolute atomic E-state index is 0.441. The van der Waals surface area contributed by atoms with E-state index in [1.165, 1.54) is 4.88 Å². The van der Waals surface area contributed by atoms with Gasteiger partial charge in [-0.2, -0.15) is 0 Å². The molecule has 3 nitrogen and oxygen atoms in total. The second kappa shape index (κ2) is 5.50. The minimum Gasteiger partial charge on any atom is -0.486 e. The van der Waals surface area contributed by atoms with Crippen molar-refractivity contribution in [2.24, 2.45) is 0 Å². The number of aliphatic hydroxyl groups excluding tert-OH is 1. The van der Waals surface area contributed by atoms with Crippen LogP contribution in [0.1, 0.15) is 34.2 Å². The molecule has 0 aliphatic heterocycles. The molecule has 4 heteroatoms. The van der Waals surface area contributed by atoms with Crippen LogP contribution in [0.5, 0.6) is 5.75 Å². The fraction of sp³-hybridized carbons (Fsp3) is 0.357. The summed E-state index contributed by atoms with van der Waals surface area (Å²) in [6.07, 6.45) is -0.441. The Morgan fingerprint density at radius 2 is 1.94 bits per heavy atom. The second-order valence-corrected chi connectivity index (χ2v) is 5.57. The Labute approximate surface area is 111 Å². The molecule has 1 N–H and O–H groups in total. The summed E-state index contributed by atoms with van der Waals surface area (Å²) in [5.74, 6) is 0.796. The van der Waals surface area contributed by atoms with E-state index >= 15 is 0 Å². The topological polar surface area (TPSA) is 42.4 Å². The van der Waals surface area contributed by atoms with Gasteiger partial charge < -0.3 is 9.84 Å². The molecule has 0 saturated heterocycles. The molecule has 1 aromatic heterocycles. The maximum absolute atomic E-state index is 9.41. The van der Waals surface area contributed by atoms with Gasteiger partial charge in [-0.25, -0.2) is 4.98 Å². The lowest BCUT2D eigenvalue weighted by Gasteiger charge is -2.07. The summed E-state index contributed by atoms with van der Waals surface area (Å²) < 4.78 is 5.66. The Balaban J connectivity index is 1.97. The number of benzene rings is 1. The average molecular weight is 263 g/mol. The van der Waals surface area contributed by atoms with Crippen LogP contribution in [0, 0.1) is 13.8 Å². The van der Waals surface area contributed by atoms with Crippen LogP contribution in [0.4, 0.5) is 0 Å². The fourth-order valence-corrected chi connectivity index (χ4v) is 2.44. The molecule has 18 heavy (non-hydrogen) atoms. The maximum Gasteiger partial charge on any atom is 0.140 e. The van der Waals surface area contributed by atoms with Gasteiger partial charge in [0.25, 0.3) is 0 Å². The van der Waals surface area contributed by atoms with Crippen molar-refractivity contribution in [1.29, 1.82) is 0 Å².